The number of fused-ring (bicyclic) bond motifs is 2. The van der Waals surface area contributed by atoms with Crippen molar-refractivity contribution in [2.45, 2.75) is 63.6 Å². The summed E-state index contributed by atoms with van der Waals surface area (Å²) in [5, 5.41) is 3.66. The molecule has 0 aromatic rings. The Balaban J connectivity index is 1.64. The van der Waals surface area contributed by atoms with Gasteiger partial charge in [-0.1, -0.05) is 0 Å². The molecule has 4 nitrogen and oxygen atoms in total. The molecule has 1 amide bonds. The molecule has 2 bridgehead atoms. The van der Waals surface area contributed by atoms with E-state index in [2.05, 4.69) is 17.1 Å². The van der Waals surface area contributed by atoms with Crippen LogP contribution in [0.1, 0.15) is 45.4 Å². The molecule has 3 rings (SSSR count). The van der Waals surface area contributed by atoms with Crippen LogP contribution in [0.25, 0.3) is 0 Å². The zero-order valence-corrected chi connectivity index (χ0v) is 11.9. The number of ether oxygens (including phenoxy) is 1. The maximum Gasteiger partial charge on any atom is 0.226 e. The molecule has 3 aliphatic rings. The highest BCUT2D eigenvalue weighted by molar-refractivity contribution is 5.79. The smallest absolute Gasteiger partial charge is 0.226 e. The Labute approximate surface area is 115 Å². The molecule has 0 radical (unpaired) electrons. The molecule has 108 valence electrons. The van der Waals surface area contributed by atoms with Crippen LogP contribution >= 0.6 is 0 Å². The maximum absolute atomic E-state index is 12.7. The molecule has 2 unspecified atom stereocenters. The standard InChI is InChI=1S/C15H26N2O2/c1-2-17(15(18)11-5-7-19-8-6-11)14-9-12-3-4-13(10-14)16-12/h11-14,16H,2-10H2,1H3. The molecule has 19 heavy (non-hydrogen) atoms. The normalized spacial score (nSPS) is 35.3. The molecule has 0 aromatic carbocycles. The predicted octanol–water partition coefficient (Wildman–Crippen LogP) is 1.54. The lowest BCUT2D eigenvalue weighted by atomic mass is 9.94. The van der Waals surface area contributed by atoms with E-state index in [0.29, 0.717) is 24.0 Å². The minimum absolute atomic E-state index is 0.209. The Hall–Kier alpha value is -0.610. The van der Waals surface area contributed by atoms with Gasteiger partial charge in [-0.2, -0.15) is 0 Å². The lowest BCUT2D eigenvalue weighted by Crippen LogP contribution is -2.52. The Kier molecular flexibility index (Phi) is 4.08. The number of nitrogens with one attached hydrogen (secondary N) is 1. The number of nitrogens with zero attached hydrogens (tertiary/aromatic N) is 1. The van der Waals surface area contributed by atoms with Crippen molar-refractivity contribution in [3.63, 3.8) is 0 Å². The lowest BCUT2D eigenvalue weighted by Gasteiger charge is -2.39. The quantitative estimate of drug-likeness (QED) is 0.842. The van der Waals surface area contributed by atoms with Gasteiger partial charge in [-0.15, -0.1) is 0 Å². The van der Waals surface area contributed by atoms with Crippen molar-refractivity contribution in [2.75, 3.05) is 19.8 Å². The van der Waals surface area contributed by atoms with E-state index in [0.717, 1.165) is 45.4 Å². The third kappa shape index (κ3) is 2.79. The fourth-order valence-corrected chi connectivity index (χ4v) is 4.05. The summed E-state index contributed by atoms with van der Waals surface area (Å²) < 4.78 is 5.37. The van der Waals surface area contributed by atoms with Crippen LogP contribution in [0.5, 0.6) is 0 Å². The molecular weight excluding hydrogens is 240 g/mol. The second kappa shape index (κ2) is 5.80. The topological polar surface area (TPSA) is 41.6 Å². The van der Waals surface area contributed by atoms with Gasteiger partial charge in [0.1, 0.15) is 0 Å². The van der Waals surface area contributed by atoms with Gasteiger partial charge < -0.3 is 15.0 Å². The summed E-state index contributed by atoms with van der Waals surface area (Å²) in [5.41, 5.74) is 0. The number of hydrogen-bond donors (Lipinski definition) is 1. The van der Waals surface area contributed by atoms with Crippen molar-refractivity contribution < 1.29 is 9.53 Å². The summed E-state index contributed by atoms with van der Waals surface area (Å²) in [6.07, 6.45) is 6.72. The van der Waals surface area contributed by atoms with Gasteiger partial charge in [-0.3, -0.25) is 4.79 Å². The number of amides is 1. The zero-order valence-electron chi connectivity index (χ0n) is 11.9. The number of hydrogen-bond acceptors (Lipinski definition) is 3. The molecule has 3 fully saturated rings. The van der Waals surface area contributed by atoms with Crippen LogP contribution in [-0.2, 0) is 9.53 Å². The SMILES string of the molecule is CCN(C(=O)C1CCOCC1)C1CC2CCC(C1)N2. The van der Waals surface area contributed by atoms with E-state index in [9.17, 15) is 4.79 Å². The molecule has 2 atom stereocenters. The number of carbonyl (C=O) groups excluding carboxylic acids is 1. The van der Waals surface area contributed by atoms with Gasteiger partial charge in [0.05, 0.1) is 0 Å². The first-order chi connectivity index (χ1) is 9.28. The number of piperidine rings is 1. The molecule has 0 aromatic heterocycles. The molecule has 0 spiro atoms. The van der Waals surface area contributed by atoms with Crippen LogP contribution in [0, 0.1) is 5.92 Å². The van der Waals surface area contributed by atoms with Crippen molar-refractivity contribution in [2.24, 2.45) is 5.92 Å². The number of rotatable bonds is 3. The van der Waals surface area contributed by atoms with Crippen LogP contribution in [0.15, 0.2) is 0 Å². The van der Waals surface area contributed by atoms with E-state index < -0.39 is 0 Å². The van der Waals surface area contributed by atoms with Gasteiger partial charge in [0, 0.05) is 43.8 Å². The maximum atomic E-state index is 12.7. The molecule has 0 aliphatic carbocycles. The summed E-state index contributed by atoms with van der Waals surface area (Å²) in [7, 11) is 0. The van der Waals surface area contributed by atoms with Crippen LogP contribution in [0.4, 0.5) is 0 Å². The van der Waals surface area contributed by atoms with Gasteiger partial charge in [-0.05, 0) is 45.4 Å². The minimum Gasteiger partial charge on any atom is -0.381 e. The molecule has 3 aliphatic heterocycles. The van der Waals surface area contributed by atoms with Crippen LogP contribution < -0.4 is 5.32 Å². The van der Waals surface area contributed by atoms with E-state index in [4.69, 9.17) is 4.74 Å². The van der Waals surface area contributed by atoms with Gasteiger partial charge in [0.25, 0.3) is 0 Å². The highest BCUT2D eigenvalue weighted by Gasteiger charge is 2.38. The average Bonchev–Trinajstić information content (AvgIpc) is 2.79. The second-order valence-corrected chi connectivity index (χ2v) is 6.27. The van der Waals surface area contributed by atoms with E-state index >= 15 is 0 Å². The Morgan fingerprint density at radius 1 is 1.16 bits per heavy atom. The molecule has 4 heteroatoms. The molecule has 1 N–H and O–H groups in total. The fourth-order valence-electron chi connectivity index (χ4n) is 4.05. The third-order valence-corrected chi connectivity index (χ3v) is 5.08. The van der Waals surface area contributed by atoms with Crippen LogP contribution in [-0.4, -0.2) is 48.7 Å². The first kappa shape index (κ1) is 13.4. The van der Waals surface area contributed by atoms with Crippen molar-refractivity contribution in [1.29, 1.82) is 0 Å². The zero-order chi connectivity index (χ0) is 13.2. The third-order valence-electron chi connectivity index (χ3n) is 5.08. The van der Waals surface area contributed by atoms with E-state index in [1.54, 1.807) is 0 Å². The predicted molar refractivity (Wildman–Crippen MR) is 73.9 cm³/mol. The van der Waals surface area contributed by atoms with Gasteiger partial charge in [-0.25, -0.2) is 0 Å². The van der Waals surface area contributed by atoms with Gasteiger partial charge in [0.15, 0.2) is 0 Å². The minimum atomic E-state index is 0.209. The molecule has 3 saturated heterocycles. The second-order valence-electron chi connectivity index (χ2n) is 6.27. The molecular formula is C15H26N2O2. The Morgan fingerprint density at radius 2 is 1.79 bits per heavy atom. The van der Waals surface area contributed by atoms with E-state index in [-0.39, 0.29) is 5.92 Å². The highest BCUT2D eigenvalue weighted by Crippen LogP contribution is 2.31. The summed E-state index contributed by atoms with van der Waals surface area (Å²) in [6.45, 7) is 4.50. The largest absolute Gasteiger partial charge is 0.381 e. The molecule has 3 heterocycles. The van der Waals surface area contributed by atoms with Crippen molar-refractivity contribution in [3.05, 3.63) is 0 Å². The first-order valence-corrected chi connectivity index (χ1v) is 7.92. The summed E-state index contributed by atoms with van der Waals surface area (Å²) in [5.74, 6) is 0.596. The fraction of sp³-hybridized carbons (Fsp3) is 0.933. The van der Waals surface area contributed by atoms with Gasteiger partial charge >= 0.3 is 0 Å². The summed E-state index contributed by atoms with van der Waals surface area (Å²) >= 11 is 0. The van der Waals surface area contributed by atoms with Crippen molar-refractivity contribution >= 4 is 5.91 Å². The van der Waals surface area contributed by atoms with Gasteiger partial charge in [0.2, 0.25) is 5.91 Å². The van der Waals surface area contributed by atoms with Crippen molar-refractivity contribution in [1.82, 2.24) is 10.2 Å². The van der Waals surface area contributed by atoms with Crippen molar-refractivity contribution in [3.8, 4) is 0 Å². The van der Waals surface area contributed by atoms with Crippen LogP contribution in [0.3, 0.4) is 0 Å². The average molecular weight is 266 g/mol. The number of carbonyl (C=O) groups is 1. The Morgan fingerprint density at radius 3 is 2.37 bits per heavy atom. The summed E-state index contributed by atoms with van der Waals surface area (Å²) in [6, 6.07) is 1.78. The first-order valence-electron chi connectivity index (χ1n) is 7.92. The van der Waals surface area contributed by atoms with E-state index in [1.165, 1.54) is 12.8 Å². The Bertz CT molecular complexity index is 316. The summed E-state index contributed by atoms with van der Waals surface area (Å²) in [4.78, 5) is 14.9. The lowest BCUT2D eigenvalue weighted by molar-refractivity contribution is -0.141. The van der Waals surface area contributed by atoms with E-state index in [1.807, 2.05) is 0 Å². The van der Waals surface area contributed by atoms with Crippen LogP contribution in [0.2, 0.25) is 0 Å². The monoisotopic (exact) mass is 266 g/mol. The molecule has 0 saturated carbocycles. The highest BCUT2D eigenvalue weighted by atomic mass is 16.5.